The van der Waals surface area contributed by atoms with E-state index in [4.69, 9.17) is 4.74 Å². The number of H-pyrrole nitrogens is 2. The number of hydrogen-bond acceptors (Lipinski definition) is 4. The van der Waals surface area contributed by atoms with Gasteiger partial charge in [-0.3, -0.25) is 9.78 Å². The summed E-state index contributed by atoms with van der Waals surface area (Å²) >= 11 is 0. The van der Waals surface area contributed by atoms with Gasteiger partial charge in [-0.2, -0.15) is 5.10 Å². The van der Waals surface area contributed by atoms with Crippen LogP contribution in [0.3, 0.4) is 0 Å². The number of nitrogens with one attached hydrogen (secondary N) is 2. The molecule has 0 saturated heterocycles. The number of ether oxygens (including phenoxy) is 1. The molecular formula is C19H16N4O2. The van der Waals surface area contributed by atoms with Crippen LogP contribution >= 0.6 is 0 Å². The van der Waals surface area contributed by atoms with Crippen LogP contribution in [0.2, 0.25) is 0 Å². The van der Waals surface area contributed by atoms with Gasteiger partial charge in [-0.1, -0.05) is 0 Å². The normalized spacial score (nSPS) is 10.9. The van der Waals surface area contributed by atoms with Gasteiger partial charge in [0, 0.05) is 28.9 Å². The molecule has 1 aromatic carbocycles. The highest BCUT2D eigenvalue weighted by Crippen LogP contribution is 2.27. The van der Waals surface area contributed by atoms with E-state index in [1.807, 2.05) is 43.3 Å². The van der Waals surface area contributed by atoms with Crippen molar-refractivity contribution in [1.82, 2.24) is 20.2 Å². The third-order valence-electron chi connectivity index (χ3n) is 3.97. The van der Waals surface area contributed by atoms with E-state index in [1.165, 1.54) is 0 Å². The molecule has 0 atom stereocenters. The predicted molar refractivity (Wildman–Crippen MR) is 96.6 cm³/mol. The fraction of sp³-hybridized carbons (Fsp3) is 0.105. The van der Waals surface area contributed by atoms with Crippen molar-refractivity contribution in [3.05, 3.63) is 65.2 Å². The van der Waals surface area contributed by atoms with Gasteiger partial charge in [0.15, 0.2) is 0 Å². The van der Waals surface area contributed by atoms with Crippen molar-refractivity contribution < 1.29 is 4.74 Å². The van der Waals surface area contributed by atoms with Gasteiger partial charge in [-0.15, -0.1) is 0 Å². The molecule has 0 saturated carbocycles. The number of aromatic amines is 2. The summed E-state index contributed by atoms with van der Waals surface area (Å²) in [6.45, 7) is 2.56. The molecule has 6 heteroatoms. The lowest BCUT2D eigenvalue weighted by atomic mass is 10.1. The van der Waals surface area contributed by atoms with Gasteiger partial charge in [0.25, 0.3) is 5.56 Å². The quantitative estimate of drug-likeness (QED) is 0.600. The SMILES string of the molecule is CCOc1ccc2[nH]c(-c3cc(-c4ccncc4)n[nH]c3=O)cc2c1. The average molecular weight is 332 g/mol. The highest BCUT2D eigenvalue weighted by Gasteiger charge is 2.11. The van der Waals surface area contributed by atoms with Crippen molar-refractivity contribution in [2.75, 3.05) is 6.61 Å². The first kappa shape index (κ1) is 15.1. The van der Waals surface area contributed by atoms with Crippen LogP contribution in [0.25, 0.3) is 33.4 Å². The van der Waals surface area contributed by atoms with Crippen LogP contribution in [0.5, 0.6) is 5.75 Å². The predicted octanol–water partition coefficient (Wildman–Crippen LogP) is 3.38. The summed E-state index contributed by atoms with van der Waals surface area (Å²) in [6.07, 6.45) is 3.39. The molecule has 3 heterocycles. The number of rotatable bonds is 4. The summed E-state index contributed by atoms with van der Waals surface area (Å²) in [5.41, 5.74) is 3.56. The van der Waals surface area contributed by atoms with Crippen molar-refractivity contribution >= 4 is 10.9 Å². The summed E-state index contributed by atoms with van der Waals surface area (Å²) in [5, 5.41) is 7.69. The Balaban J connectivity index is 1.81. The minimum Gasteiger partial charge on any atom is -0.494 e. The minimum atomic E-state index is -0.241. The van der Waals surface area contributed by atoms with E-state index in [2.05, 4.69) is 20.2 Å². The van der Waals surface area contributed by atoms with E-state index in [0.717, 1.165) is 27.9 Å². The number of benzene rings is 1. The maximum Gasteiger partial charge on any atom is 0.273 e. The summed E-state index contributed by atoms with van der Waals surface area (Å²) in [4.78, 5) is 19.6. The van der Waals surface area contributed by atoms with Gasteiger partial charge >= 0.3 is 0 Å². The third-order valence-corrected chi connectivity index (χ3v) is 3.97. The number of pyridine rings is 1. The van der Waals surface area contributed by atoms with Gasteiger partial charge in [0.2, 0.25) is 0 Å². The van der Waals surface area contributed by atoms with Crippen LogP contribution in [0, 0.1) is 0 Å². The largest absolute Gasteiger partial charge is 0.494 e. The summed E-state index contributed by atoms with van der Waals surface area (Å²) < 4.78 is 5.53. The Labute approximate surface area is 143 Å². The average Bonchev–Trinajstić information content (AvgIpc) is 3.06. The molecule has 124 valence electrons. The van der Waals surface area contributed by atoms with E-state index >= 15 is 0 Å². The zero-order valence-electron chi connectivity index (χ0n) is 13.6. The summed E-state index contributed by atoms with van der Waals surface area (Å²) in [6, 6.07) is 13.2. The van der Waals surface area contributed by atoms with E-state index < -0.39 is 0 Å². The van der Waals surface area contributed by atoms with E-state index in [-0.39, 0.29) is 5.56 Å². The Bertz CT molecular complexity index is 1080. The number of fused-ring (bicyclic) bond motifs is 1. The highest BCUT2D eigenvalue weighted by atomic mass is 16.5. The molecule has 0 aliphatic rings. The topological polar surface area (TPSA) is 83.7 Å². The summed E-state index contributed by atoms with van der Waals surface area (Å²) in [5.74, 6) is 0.807. The second-order valence-corrected chi connectivity index (χ2v) is 5.60. The first-order valence-corrected chi connectivity index (χ1v) is 8.00. The number of hydrogen-bond donors (Lipinski definition) is 2. The molecule has 25 heavy (non-hydrogen) atoms. The Morgan fingerprint density at radius 2 is 1.92 bits per heavy atom. The second-order valence-electron chi connectivity index (χ2n) is 5.60. The molecule has 4 aromatic rings. The monoisotopic (exact) mass is 332 g/mol. The maximum absolute atomic E-state index is 12.3. The van der Waals surface area contributed by atoms with Crippen LogP contribution in [0.1, 0.15) is 6.92 Å². The van der Waals surface area contributed by atoms with Crippen molar-refractivity contribution in [2.24, 2.45) is 0 Å². The van der Waals surface area contributed by atoms with E-state index in [9.17, 15) is 4.79 Å². The number of aromatic nitrogens is 4. The second kappa shape index (κ2) is 6.24. The Morgan fingerprint density at radius 3 is 2.72 bits per heavy atom. The number of nitrogens with zero attached hydrogens (tertiary/aromatic N) is 2. The smallest absolute Gasteiger partial charge is 0.273 e. The fourth-order valence-electron chi connectivity index (χ4n) is 2.79. The van der Waals surface area contributed by atoms with Crippen LogP contribution < -0.4 is 10.3 Å². The molecule has 0 fully saturated rings. The van der Waals surface area contributed by atoms with E-state index in [1.54, 1.807) is 18.5 Å². The van der Waals surface area contributed by atoms with Crippen molar-refractivity contribution in [3.63, 3.8) is 0 Å². The molecule has 0 aliphatic carbocycles. The molecule has 3 aromatic heterocycles. The Hall–Kier alpha value is -3.41. The molecule has 0 radical (unpaired) electrons. The molecule has 0 bridgehead atoms. The van der Waals surface area contributed by atoms with Crippen molar-refractivity contribution in [3.8, 4) is 28.3 Å². The maximum atomic E-state index is 12.3. The Morgan fingerprint density at radius 1 is 1.08 bits per heavy atom. The molecule has 0 spiro atoms. The lowest BCUT2D eigenvalue weighted by Crippen LogP contribution is -2.11. The van der Waals surface area contributed by atoms with Crippen LogP contribution in [0.4, 0.5) is 0 Å². The molecule has 2 N–H and O–H groups in total. The minimum absolute atomic E-state index is 0.241. The van der Waals surface area contributed by atoms with Crippen LogP contribution in [-0.2, 0) is 0 Å². The van der Waals surface area contributed by atoms with Gasteiger partial charge in [-0.25, -0.2) is 5.10 Å². The zero-order chi connectivity index (χ0) is 17.2. The summed E-state index contributed by atoms with van der Waals surface area (Å²) in [7, 11) is 0. The fourth-order valence-corrected chi connectivity index (χ4v) is 2.79. The standard InChI is InChI=1S/C19H16N4O2/c1-2-25-14-3-4-16-13(9-14)10-18(21-16)15-11-17(22-23-19(15)24)12-5-7-20-8-6-12/h3-11,21H,2H2,1H3,(H,23,24). The van der Waals surface area contributed by atoms with E-state index in [0.29, 0.717) is 17.9 Å². The lowest BCUT2D eigenvalue weighted by molar-refractivity contribution is 0.341. The molecule has 4 rings (SSSR count). The van der Waals surface area contributed by atoms with Crippen LogP contribution in [-0.4, -0.2) is 26.8 Å². The zero-order valence-corrected chi connectivity index (χ0v) is 13.6. The van der Waals surface area contributed by atoms with Crippen molar-refractivity contribution in [2.45, 2.75) is 6.92 Å². The molecule has 0 unspecified atom stereocenters. The first-order chi connectivity index (χ1) is 12.2. The van der Waals surface area contributed by atoms with Gasteiger partial charge in [-0.05, 0) is 49.4 Å². The lowest BCUT2D eigenvalue weighted by Gasteiger charge is -2.02. The first-order valence-electron chi connectivity index (χ1n) is 8.00. The molecule has 0 amide bonds. The van der Waals surface area contributed by atoms with Crippen LogP contribution in [0.15, 0.2) is 59.7 Å². The molecule has 6 nitrogen and oxygen atoms in total. The van der Waals surface area contributed by atoms with Gasteiger partial charge < -0.3 is 9.72 Å². The highest BCUT2D eigenvalue weighted by molar-refractivity contribution is 5.87. The molecular weight excluding hydrogens is 316 g/mol. The van der Waals surface area contributed by atoms with Gasteiger partial charge in [0.05, 0.1) is 23.6 Å². The van der Waals surface area contributed by atoms with Gasteiger partial charge in [0.1, 0.15) is 5.75 Å². The molecule has 0 aliphatic heterocycles. The third kappa shape index (κ3) is 2.89. The van der Waals surface area contributed by atoms with Crippen molar-refractivity contribution in [1.29, 1.82) is 0 Å². The Kier molecular flexibility index (Phi) is 3.78.